The third kappa shape index (κ3) is 3.83. The van der Waals surface area contributed by atoms with Crippen molar-refractivity contribution in [3.63, 3.8) is 0 Å². The standard InChI is InChI=1S/C14H13BrN4O2/c1-19-14(20)13(15)12(9-18-19)17-6-7-21-11-4-2-10(8-16)3-5-11/h2-5,9,17H,6-7H2,1H3. The number of aromatic nitrogens is 2. The van der Waals surface area contributed by atoms with Crippen molar-refractivity contribution in [2.75, 3.05) is 18.5 Å². The van der Waals surface area contributed by atoms with Crippen molar-refractivity contribution in [1.29, 1.82) is 5.26 Å². The van der Waals surface area contributed by atoms with Gasteiger partial charge in [-0.05, 0) is 40.2 Å². The molecule has 1 aromatic heterocycles. The van der Waals surface area contributed by atoms with Crippen LogP contribution in [0.15, 0.2) is 39.7 Å². The maximum absolute atomic E-state index is 11.7. The summed E-state index contributed by atoms with van der Waals surface area (Å²) in [5.74, 6) is 0.692. The Kier molecular flexibility index (Phi) is 4.95. The third-order valence-corrected chi connectivity index (χ3v) is 3.51. The number of benzene rings is 1. The highest BCUT2D eigenvalue weighted by molar-refractivity contribution is 9.10. The number of hydrogen-bond acceptors (Lipinski definition) is 5. The molecule has 2 aromatic rings. The second-order valence-electron chi connectivity index (χ2n) is 4.21. The lowest BCUT2D eigenvalue weighted by molar-refractivity contribution is 0.333. The lowest BCUT2D eigenvalue weighted by atomic mass is 10.2. The van der Waals surface area contributed by atoms with Gasteiger partial charge in [-0.2, -0.15) is 10.4 Å². The molecule has 0 radical (unpaired) electrons. The first-order valence-corrected chi connectivity index (χ1v) is 7.00. The van der Waals surface area contributed by atoms with Gasteiger partial charge < -0.3 is 10.1 Å². The van der Waals surface area contributed by atoms with Crippen LogP contribution >= 0.6 is 15.9 Å². The Bertz CT molecular complexity index is 719. The second-order valence-corrected chi connectivity index (χ2v) is 5.01. The smallest absolute Gasteiger partial charge is 0.282 e. The molecule has 0 aliphatic heterocycles. The first-order valence-electron chi connectivity index (χ1n) is 6.20. The zero-order valence-corrected chi connectivity index (χ0v) is 12.9. The minimum Gasteiger partial charge on any atom is -0.492 e. The molecule has 0 saturated carbocycles. The summed E-state index contributed by atoms with van der Waals surface area (Å²) < 4.78 is 7.23. The zero-order valence-electron chi connectivity index (χ0n) is 11.3. The minimum absolute atomic E-state index is 0.201. The number of rotatable bonds is 5. The van der Waals surface area contributed by atoms with E-state index in [2.05, 4.69) is 26.3 Å². The number of aryl methyl sites for hydroxylation is 1. The number of halogens is 1. The summed E-state index contributed by atoms with van der Waals surface area (Å²) in [6.07, 6.45) is 1.58. The van der Waals surface area contributed by atoms with Gasteiger partial charge in [0.05, 0.1) is 23.5 Å². The fraction of sp³-hybridized carbons (Fsp3) is 0.214. The van der Waals surface area contributed by atoms with Gasteiger partial charge in [-0.15, -0.1) is 0 Å². The average Bonchev–Trinajstić information content (AvgIpc) is 2.51. The molecule has 7 heteroatoms. The summed E-state index contributed by atoms with van der Waals surface area (Å²) in [5, 5.41) is 15.7. The van der Waals surface area contributed by atoms with E-state index in [1.165, 1.54) is 4.68 Å². The van der Waals surface area contributed by atoms with Crippen LogP contribution in [0.1, 0.15) is 5.56 Å². The first kappa shape index (κ1) is 15.1. The summed E-state index contributed by atoms with van der Waals surface area (Å²) in [4.78, 5) is 11.7. The molecule has 1 aromatic carbocycles. The van der Waals surface area contributed by atoms with Crippen molar-refractivity contribution in [2.45, 2.75) is 0 Å². The summed E-state index contributed by atoms with van der Waals surface area (Å²) in [5.41, 5.74) is 1.02. The van der Waals surface area contributed by atoms with Crippen LogP contribution in [-0.2, 0) is 7.05 Å². The van der Waals surface area contributed by atoms with E-state index in [9.17, 15) is 4.79 Å². The molecule has 0 saturated heterocycles. The third-order valence-electron chi connectivity index (χ3n) is 2.75. The van der Waals surface area contributed by atoms with Gasteiger partial charge in [0.15, 0.2) is 0 Å². The Hall–Kier alpha value is -2.33. The predicted molar refractivity (Wildman–Crippen MR) is 82.3 cm³/mol. The zero-order chi connectivity index (χ0) is 15.2. The quantitative estimate of drug-likeness (QED) is 0.834. The average molecular weight is 349 g/mol. The number of anilines is 1. The molecule has 0 spiro atoms. The summed E-state index contributed by atoms with van der Waals surface area (Å²) in [6, 6.07) is 8.93. The molecule has 0 aliphatic rings. The van der Waals surface area contributed by atoms with Crippen LogP contribution in [0.25, 0.3) is 0 Å². The second kappa shape index (κ2) is 6.90. The molecular formula is C14H13BrN4O2. The molecule has 2 rings (SSSR count). The van der Waals surface area contributed by atoms with Crippen molar-refractivity contribution in [3.05, 3.63) is 50.9 Å². The van der Waals surface area contributed by atoms with Crippen LogP contribution in [0.4, 0.5) is 5.69 Å². The molecule has 21 heavy (non-hydrogen) atoms. The molecule has 0 bridgehead atoms. The highest BCUT2D eigenvalue weighted by atomic mass is 79.9. The van der Waals surface area contributed by atoms with Crippen LogP contribution in [-0.4, -0.2) is 22.9 Å². The SMILES string of the molecule is Cn1ncc(NCCOc2ccc(C#N)cc2)c(Br)c1=O. The Labute approximate surface area is 130 Å². The van der Waals surface area contributed by atoms with Crippen LogP contribution in [0.2, 0.25) is 0 Å². The molecular weight excluding hydrogens is 336 g/mol. The molecule has 0 aliphatic carbocycles. The van der Waals surface area contributed by atoms with E-state index in [1.54, 1.807) is 37.5 Å². The fourth-order valence-corrected chi connectivity index (χ4v) is 2.11. The van der Waals surface area contributed by atoms with Crippen LogP contribution in [0, 0.1) is 11.3 Å². The van der Waals surface area contributed by atoms with Crippen molar-refractivity contribution in [3.8, 4) is 11.8 Å². The maximum Gasteiger partial charge on any atom is 0.282 e. The highest BCUT2D eigenvalue weighted by Crippen LogP contribution is 2.15. The molecule has 6 nitrogen and oxygen atoms in total. The molecule has 0 fully saturated rings. The van der Waals surface area contributed by atoms with Crippen molar-refractivity contribution >= 4 is 21.6 Å². The minimum atomic E-state index is -0.201. The molecule has 1 heterocycles. The normalized spacial score (nSPS) is 9.95. The monoisotopic (exact) mass is 348 g/mol. The largest absolute Gasteiger partial charge is 0.492 e. The van der Waals surface area contributed by atoms with E-state index >= 15 is 0 Å². The summed E-state index contributed by atoms with van der Waals surface area (Å²) >= 11 is 3.24. The van der Waals surface area contributed by atoms with Crippen molar-refractivity contribution in [2.24, 2.45) is 7.05 Å². The van der Waals surface area contributed by atoms with Crippen LogP contribution < -0.4 is 15.6 Å². The molecule has 0 atom stereocenters. The lowest BCUT2D eigenvalue weighted by Crippen LogP contribution is -2.22. The van der Waals surface area contributed by atoms with Gasteiger partial charge in [0.25, 0.3) is 5.56 Å². The number of nitriles is 1. The van der Waals surface area contributed by atoms with E-state index < -0.39 is 0 Å². The first-order chi connectivity index (χ1) is 10.1. The van der Waals surface area contributed by atoms with Crippen LogP contribution in [0.3, 0.4) is 0 Å². The number of nitrogens with one attached hydrogen (secondary N) is 1. The van der Waals surface area contributed by atoms with Gasteiger partial charge in [-0.25, -0.2) is 4.68 Å². The number of ether oxygens (including phenoxy) is 1. The number of nitrogens with zero attached hydrogens (tertiary/aromatic N) is 3. The lowest BCUT2D eigenvalue weighted by Gasteiger charge is -2.10. The Morgan fingerprint density at radius 2 is 2.14 bits per heavy atom. The maximum atomic E-state index is 11.7. The van der Waals surface area contributed by atoms with Gasteiger partial charge in [0.1, 0.15) is 16.8 Å². The van der Waals surface area contributed by atoms with Gasteiger partial charge in [0.2, 0.25) is 0 Å². The van der Waals surface area contributed by atoms with Gasteiger partial charge in [-0.3, -0.25) is 4.79 Å². The van der Waals surface area contributed by atoms with E-state index in [0.29, 0.717) is 34.6 Å². The van der Waals surface area contributed by atoms with E-state index in [4.69, 9.17) is 10.00 Å². The van der Waals surface area contributed by atoms with Crippen molar-refractivity contribution < 1.29 is 4.74 Å². The molecule has 1 N–H and O–H groups in total. The Balaban J connectivity index is 1.86. The fourth-order valence-electron chi connectivity index (χ4n) is 1.61. The number of hydrogen-bond donors (Lipinski definition) is 1. The Morgan fingerprint density at radius 1 is 1.43 bits per heavy atom. The van der Waals surface area contributed by atoms with Gasteiger partial charge in [0, 0.05) is 13.6 Å². The molecule has 0 amide bonds. The summed E-state index contributed by atoms with van der Waals surface area (Å²) in [6.45, 7) is 0.945. The summed E-state index contributed by atoms with van der Waals surface area (Å²) in [7, 11) is 1.59. The molecule has 0 unspecified atom stereocenters. The molecule has 108 valence electrons. The van der Waals surface area contributed by atoms with Crippen LogP contribution in [0.5, 0.6) is 5.75 Å². The predicted octanol–water partition coefficient (Wildman–Crippen LogP) is 1.91. The van der Waals surface area contributed by atoms with Gasteiger partial charge >= 0.3 is 0 Å². The highest BCUT2D eigenvalue weighted by Gasteiger charge is 2.05. The topological polar surface area (TPSA) is 79.9 Å². The Morgan fingerprint density at radius 3 is 2.81 bits per heavy atom. The van der Waals surface area contributed by atoms with Crippen molar-refractivity contribution in [1.82, 2.24) is 9.78 Å². The van der Waals surface area contributed by atoms with E-state index in [0.717, 1.165) is 0 Å². The van der Waals surface area contributed by atoms with E-state index in [-0.39, 0.29) is 5.56 Å². The van der Waals surface area contributed by atoms with Gasteiger partial charge in [-0.1, -0.05) is 0 Å². The van der Waals surface area contributed by atoms with E-state index in [1.807, 2.05) is 6.07 Å².